The van der Waals surface area contributed by atoms with Gasteiger partial charge in [0.1, 0.15) is 0 Å². The molecule has 120 valence electrons. The first-order valence-corrected chi connectivity index (χ1v) is 7.98. The number of rotatable bonds is 4. The highest BCUT2D eigenvalue weighted by molar-refractivity contribution is 5.95. The molecule has 1 N–H and O–H groups in total. The Morgan fingerprint density at radius 2 is 2.00 bits per heavy atom. The van der Waals surface area contributed by atoms with Crippen LogP contribution >= 0.6 is 0 Å². The third kappa shape index (κ3) is 2.61. The number of aliphatic hydroxyl groups is 1. The van der Waals surface area contributed by atoms with Crippen LogP contribution in [0.5, 0.6) is 0 Å². The molecular formula is C18H22N4O. The Hall–Kier alpha value is -2.27. The van der Waals surface area contributed by atoms with Gasteiger partial charge in [-0.15, -0.1) is 0 Å². The molecule has 0 aliphatic carbocycles. The maximum absolute atomic E-state index is 10.0. The highest BCUT2D eigenvalue weighted by atomic mass is 16.3. The number of hydrogen-bond acceptors (Lipinski definition) is 4. The quantitative estimate of drug-likeness (QED) is 0.802. The normalized spacial score (nSPS) is 11.6. The van der Waals surface area contributed by atoms with E-state index >= 15 is 0 Å². The molecule has 3 aromatic heterocycles. The Kier molecular flexibility index (Phi) is 4.13. The molecule has 0 radical (unpaired) electrons. The first-order chi connectivity index (χ1) is 11.1. The zero-order valence-corrected chi connectivity index (χ0v) is 14.0. The molecule has 0 atom stereocenters. The summed E-state index contributed by atoms with van der Waals surface area (Å²) in [6.45, 7) is 8.98. The zero-order valence-electron chi connectivity index (χ0n) is 14.0. The topological polar surface area (TPSA) is 63.8 Å². The fraction of sp³-hybridized carbons (Fsp3) is 0.389. The van der Waals surface area contributed by atoms with Gasteiger partial charge in [-0.1, -0.05) is 13.8 Å². The number of hydrogen-bond donors (Lipinski definition) is 1. The van der Waals surface area contributed by atoms with Crippen molar-refractivity contribution in [2.75, 3.05) is 0 Å². The van der Waals surface area contributed by atoms with E-state index in [1.54, 1.807) is 0 Å². The molecule has 5 nitrogen and oxygen atoms in total. The van der Waals surface area contributed by atoms with Crippen molar-refractivity contribution < 1.29 is 5.11 Å². The number of nitrogens with zero attached hydrogens (tertiary/aromatic N) is 4. The van der Waals surface area contributed by atoms with E-state index in [9.17, 15) is 5.11 Å². The number of aliphatic hydroxyl groups excluding tert-OH is 1. The predicted molar refractivity (Wildman–Crippen MR) is 91.2 cm³/mol. The van der Waals surface area contributed by atoms with Crippen molar-refractivity contribution in [1.29, 1.82) is 0 Å². The molecule has 0 unspecified atom stereocenters. The summed E-state index contributed by atoms with van der Waals surface area (Å²) in [6.07, 6.45) is 5.51. The smallest absolute Gasteiger partial charge is 0.158 e. The van der Waals surface area contributed by atoms with Gasteiger partial charge in [-0.25, -0.2) is 9.67 Å². The van der Waals surface area contributed by atoms with E-state index in [4.69, 9.17) is 4.98 Å². The molecule has 23 heavy (non-hydrogen) atoms. The summed E-state index contributed by atoms with van der Waals surface area (Å²) in [5.41, 5.74) is 5.74. The molecule has 0 aliphatic rings. The molecule has 3 rings (SSSR count). The van der Waals surface area contributed by atoms with Crippen LogP contribution in [0.2, 0.25) is 0 Å². The van der Waals surface area contributed by atoms with Crippen LogP contribution in [0.3, 0.4) is 0 Å². The van der Waals surface area contributed by atoms with E-state index in [0.29, 0.717) is 0 Å². The van der Waals surface area contributed by atoms with Gasteiger partial charge >= 0.3 is 0 Å². The average Bonchev–Trinajstić information content (AvgIpc) is 2.95. The van der Waals surface area contributed by atoms with Crippen molar-refractivity contribution >= 4 is 11.0 Å². The Morgan fingerprint density at radius 1 is 1.22 bits per heavy atom. The van der Waals surface area contributed by atoms with Gasteiger partial charge in [0.05, 0.1) is 18.5 Å². The van der Waals surface area contributed by atoms with Crippen LogP contribution < -0.4 is 0 Å². The molecule has 0 fully saturated rings. The monoisotopic (exact) mass is 310 g/mol. The predicted octanol–water partition coefficient (Wildman–Crippen LogP) is 3.44. The molecule has 0 bridgehead atoms. The summed E-state index contributed by atoms with van der Waals surface area (Å²) in [5.74, 6) is 0.221. The molecule has 3 heterocycles. The van der Waals surface area contributed by atoms with Gasteiger partial charge in [0.15, 0.2) is 5.65 Å². The zero-order chi connectivity index (χ0) is 16.6. The van der Waals surface area contributed by atoms with Crippen molar-refractivity contribution in [3.8, 4) is 11.1 Å². The van der Waals surface area contributed by atoms with Crippen molar-refractivity contribution in [3.63, 3.8) is 0 Å². The van der Waals surface area contributed by atoms with Crippen LogP contribution in [0.4, 0.5) is 0 Å². The average molecular weight is 310 g/mol. The molecule has 0 amide bonds. The fourth-order valence-corrected chi connectivity index (χ4v) is 3.04. The van der Waals surface area contributed by atoms with Gasteiger partial charge in [0, 0.05) is 41.0 Å². The number of aryl methyl sites for hydroxylation is 2. The number of pyridine rings is 2. The van der Waals surface area contributed by atoms with E-state index in [1.807, 2.05) is 30.2 Å². The Morgan fingerprint density at radius 3 is 2.61 bits per heavy atom. The van der Waals surface area contributed by atoms with Crippen LogP contribution in [0.1, 0.15) is 43.5 Å². The van der Waals surface area contributed by atoms with E-state index in [2.05, 4.69) is 36.9 Å². The molecular weight excluding hydrogens is 288 g/mol. The Balaban J connectivity index is 2.43. The lowest BCUT2D eigenvalue weighted by Crippen LogP contribution is -2.06. The van der Waals surface area contributed by atoms with Crippen LogP contribution in [0.15, 0.2) is 24.7 Å². The maximum Gasteiger partial charge on any atom is 0.158 e. The van der Waals surface area contributed by atoms with E-state index < -0.39 is 0 Å². The van der Waals surface area contributed by atoms with Gasteiger partial charge < -0.3 is 5.11 Å². The SMILES string of the molecule is CCn1ncc2c(-c3cncc(C)c3)c(CO)c(C(C)C)nc21. The molecule has 5 heteroatoms. The molecule has 0 aromatic carbocycles. The Bertz CT molecular complexity index is 852. The third-order valence-corrected chi connectivity index (χ3v) is 4.09. The van der Waals surface area contributed by atoms with Crippen molar-refractivity contribution in [1.82, 2.24) is 19.7 Å². The van der Waals surface area contributed by atoms with Gasteiger partial charge in [-0.3, -0.25) is 4.98 Å². The lowest BCUT2D eigenvalue weighted by molar-refractivity contribution is 0.280. The minimum absolute atomic E-state index is 0.0446. The summed E-state index contributed by atoms with van der Waals surface area (Å²) in [5, 5.41) is 15.4. The number of aromatic nitrogens is 4. The van der Waals surface area contributed by atoms with Crippen molar-refractivity contribution in [2.24, 2.45) is 0 Å². The van der Waals surface area contributed by atoms with Gasteiger partial charge in [-0.2, -0.15) is 5.10 Å². The van der Waals surface area contributed by atoms with E-state index in [1.165, 1.54) is 0 Å². The largest absolute Gasteiger partial charge is 0.392 e. The molecule has 0 aliphatic heterocycles. The lowest BCUT2D eigenvalue weighted by atomic mass is 9.93. The Labute approximate surface area is 136 Å². The van der Waals surface area contributed by atoms with E-state index in [-0.39, 0.29) is 12.5 Å². The lowest BCUT2D eigenvalue weighted by Gasteiger charge is -2.17. The molecule has 0 saturated heterocycles. The van der Waals surface area contributed by atoms with Crippen LogP contribution in [0.25, 0.3) is 22.2 Å². The summed E-state index contributed by atoms with van der Waals surface area (Å²) in [7, 11) is 0. The van der Waals surface area contributed by atoms with Crippen LogP contribution in [-0.4, -0.2) is 24.9 Å². The minimum atomic E-state index is -0.0446. The van der Waals surface area contributed by atoms with Crippen molar-refractivity contribution in [2.45, 2.75) is 46.8 Å². The molecule has 0 saturated carbocycles. The minimum Gasteiger partial charge on any atom is -0.392 e. The summed E-state index contributed by atoms with van der Waals surface area (Å²) < 4.78 is 1.90. The van der Waals surface area contributed by atoms with Gasteiger partial charge in [0.25, 0.3) is 0 Å². The van der Waals surface area contributed by atoms with Crippen molar-refractivity contribution in [3.05, 3.63) is 41.5 Å². The summed E-state index contributed by atoms with van der Waals surface area (Å²) in [6, 6.07) is 2.09. The maximum atomic E-state index is 10.0. The van der Waals surface area contributed by atoms with Gasteiger partial charge in [0.2, 0.25) is 0 Å². The second-order valence-corrected chi connectivity index (χ2v) is 6.11. The van der Waals surface area contributed by atoms with Gasteiger partial charge in [-0.05, 0) is 31.4 Å². The first-order valence-electron chi connectivity index (χ1n) is 7.98. The third-order valence-electron chi connectivity index (χ3n) is 4.09. The fourth-order valence-electron chi connectivity index (χ4n) is 3.04. The molecule has 0 spiro atoms. The summed E-state index contributed by atoms with van der Waals surface area (Å²) in [4.78, 5) is 9.12. The first kappa shape index (κ1) is 15.6. The highest BCUT2D eigenvalue weighted by Crippen LogP contribution is 2.35. The number of fused-ring (bicyclic) bond motifs is 1. The highest BCUT2D eigenvalue weighted by Gasteiger charge is 2.20. The molecule has 3 aromatic rings. The standard InChI is InChI=1S/C18H22N4O/c1-5-22-18-14(9-20-22)16(13-6-12(4)7-19-8-13)15(10-23)17(21-18)11(2)3/h6-9,11,23H,5,10H2,1-4H3. The van der Waals surface area contributed by atoms with Crippen LogP contribution in [0, 0.1) is 6.92 Å². The van der Waals surface area contributed by atoms with Crippen LogP contribution in [-0.2, 0) is 13.2 Å². The second kappa shape index (κ2) is 6.08. The van der Waals surface area contributed by atoms with E-state index in [0.717, 1.165) is 45.5 Å². The summed E-state index contributed by atoms with van der Waals surface area (Å²) >= 11 is 0. The second-order valence-electron chi connectivity index (χ2n) is 6.11.